The zero-order valence-electron chi connectivity index (χ0n) is 26.3. The highest BCUT2D eigenvalue weighted by Crippen LogP contribution is 2.42. The normalized spacial score (nSPS) is 19.8. The average Bonchev–Trinajstić information content (AvgIpc) is 3.22. The monoisotopic (exact) mass is 563 g/mol. The predicted octanol–water partition coefficient (Wildman–Crippen LogP) is 7.93. The molecule has 0 bridgehead atoms. The first-order valence-corrected chi connectivity index (χ1v) is 20.5. The molecule has 0 radical (unpaired) electrons. The highest BCUT2D eigenvalue weighted by atomic mass is 28.4. The summed E-state index contributed by atoms with van der Waals surface area (Å²) in [5, 5.41) is 3.59. The van der Waals surface area contributed by atoms with E-state index in [4.69, 9.17) is 13.6 Å². The van der Waals surface area contributed by atoms with Crippen LogP contribution in [-0.2, 0) is 25.0 Å². The van der Waals surface area contributed by atoms with Gasteiger partial charge in [-0.3, -0.25) is 4.79 Å². The van der Waals surface area contributed by atoms with Crippen molar-refractivity contribution < 1.29 is 18.4 Å². The molecule has 7 heteroatoms. The molecule has 0 unspecified atom stereocenters. The van der Waals surface area contributed by atoms with Gasteiger partial charge in [0.15, 0.2) is 16.6 Å². The number of amides is 1. The minimum absolute atomic E-state index is 0.0534. The van der Waals surface area contributed by atoms with Crippen LogP contribution in [0.1, 0.15) is 79.7 Å². The van der Waals surface area contributed by atoms with Gasteiger partial charge in [-0.1, -0.05) is 78.8 Å². The van der Waals surface area contributed by atoms with Crippen molar-refractivity contribution in [3.8, 4) is 0 Å². The summed E-state index contributed by atoms with van der Waals surface area (Å²) in [6.07, 6.45) is 3.37. The van der Waals surface area contributed by atoms with Crippen molar-refractivity contribution in [1.82, 2.24) is 5.32 Å². The van der Waals surface area contributed by atoms with Crippen LogP contribution < -0.4 is 5.32 Å². The largest absolute Gasteiger partial charge is 0.417 e. The summed E-state index contributed by atoms with van der Waals surface area (Å²) in [6, 6.07) is 10.5. The molecule has 1 amide bonds. The van der Waals surface area contributed by atoms with Crippen LogP contribution in [0.3, 0.4) is 0 Å². The summed E-state index contributed by atoms with van der Waals surface area (Å²) in [5.41, 5.74) is 1.20. The van der Waals surface area contributed by atoms with Gasteiger partial charge in [-0.25, -0.2) is 0 Å². The average molecular weight is 564 g/mol. The van der Waals surface area contributed by atoms with Gasteiger partial charge in [0, 0.05) is 31.6 Å². The summed E-state index contributed by atoms with van der Waals surface area (Å²) >= 11 is 0. The number of hydrogen-bond acceptors (Lipinski definition) is 4. The van der Waals surface area contributed by atoms with Crippen LogP contribution in [0.5, 0.6) is 0 Å². The standard InChI is InChI=1S/C31H57NO4Si2/c1-24(22-35-37(8,9)30(2,3)4)29(26-19-20-28(33)32-26)27(36-38(10,11)31(5,6)7)18-15-21-34-23-25-16-13-12-14-17-25/h12-14,16-17,24,26-27,29H,15,18-23H2,1-11H3,(H,32,33)/t24-,26+,27-,29-/m1/s1. The number of benzene rings is 1. The molecule has 1 aromatic carbocycles. The number of carbonyl (C=O) groups is 1. The van der Waals surface area contributed by atoms with E-state index in [0.717, 1.165) is 19.3 Å². The molecule has 1 aliphatic rings. The van der Waals surface area contributed by atoms with Crippen molar-refractivity contribution in [3.05, 3.63) is 35.9 Å². The Bertz CT molecular complexity index is 861. The third kappa shape index (κ3) is 9.58. The first-order chi connectivity index (χ1) is 17.4. The fourth-order valence-corrected chi connectivity index (χ4v) is 7.15. The lowest BCUT2D eigenvalue weighted by Crippen LogP contribution is -2.52. The summed E-state index contributed by atoms with van der Waals surface area (Å²) in [4.78, 5) is 12.3. The van der Waals surface area contributed by atoms with Gasteiger partial charge in [-0.2, -0.15) is 0 Å². The Morgan fingerprint density at radius 1 is 0.974 bits per heavy atom. The minimum Gasteiger partial charge on any atom is -0.417 e. The Morgan fingerprint density at radius 2 is 1.58 bits per heavy atom. The molecule has 1 aromatic rings. The Labute approximate surface area is 236 Å². The Morgan fingerprint density at radius 3 is 2.11 bits per heavy atom. The molecule has 0 aromatic heterocycles. The highest BCUT2D eigenvalue weighted by Gasteiger charge is 2.45. The quantitative estimate of drug-likeness (QED) is 0.184. The molecule has 1 heterocycles. The number of rotatable bonds is 14. The highest BCUT2D eigenvalue weighted by molar-refractivity contribution is 6.74. The third-order valence-electron chi connectivity index (χ3n) is 9.23. The molecular weight excluding hydrogens is 507 g/mol. The smallest absolute Gasteiger partial charge is 0.220 e. The van der Waals surface area contributed by atoms with Gasteiger partial charge in [0.05, 0.1) is 12.7 Å². The van der Waals surface area contributed by atoms with Crippen molar-refractivity contribution >= 4 is 22.5 Å². The lowest BCUT2D eigenvalue weighted by molar-refractivity contribution is -0.119. The number of carbonyl (C=O) groups excluding carboxylic acids is 1. The molecule has 0 spiro atoms. The van der Waals surface area contributed by atoms with Crippen molar-refractivity contribution in [3.63, 3.8) is 0 Å². The first-order valence-electron chi connectivity index (χ1n) is 14.7. The predicted molar refractivity (Wildman–Crippen MR) is 164 cm³/mol. The van der Waals surface area contributed by atoms with E-state index in [1.165, 1.54) is 5.56 Å². The molecular formula is C31H57NO4Si2. The van der Waals surface area contributed by atoms with Crippen LogP contribution in [0.15, 0.2) is 30.3 Å². The molecule has 1 N–H and O–H groups in total. The number of hydrogen-bond donors (Lipinski definition) is 1. The van der Waals surface area contributed by atoms with Gasteiger partial charge < -0.3 is 18.9 Å². The summed E-state index contributed by atoms with van der Waals surface area (Å²) in [5.74, 6) is 0.636. The molecule has 0 aliphatic carbocycles. The van der Waals surface area contributed by atoms with Gasteiger partial charge >= 0.3 is 0 Å². The van der Waals surface area contributed by atoms with E-state index in [0.29, 0.717) is 26.2 Å². The maximum absolute atomic E-state index is 12.3. The molecule has 0 saturated carbocycles. The topological polar surface area (TPSA) is 56.8 Å². The fraction of sp³-hybridized carbons (Fsp3) is 0.774. The number of nitrogens with one attached hydrogen (secondary N) is 1. The molecule has 1 saturated heterocycles. The molecule has 218 valence electrons. The van der Waals surface area contributed by atoms with E-state index < -0.39 is 16.6 Å². The molecule has 4 atom stereocenters. The zero-order chi connectivity index (χ0) is 28.8. The van der Waals surface area contributed by atoms with Crippen LogP contribution in [-0.4, -0.2) is 47.9 Å². The van der Waals surface area contributed by atoms with Crippen molar-refractivity contribution in [1.29, 1.82) is 0 Å². The second-order valence-electron chi connectivity index (χ2n) is 14.4. The Balaban J connectivity index is 2.21. The molecule has 38 heavy (non-hydrogen) atoms. The van der Waals surface area contributed by atoms with Gasteiger partial charge in [0.2, 0.25) is 5.91 Å². The second kappa shape index (κ2) is 13.6. The van der Waals surface area contributed by atoms with Crippen molar-refractivity contribution in [2.75, 3.05) is 13.2 Å². The van der Waals surface area contributed by atoms with Crippen LogP contribution in [0, 0.1) is 11.8 Å². The van der Waals surface area contributed by atoms with Crippen LogP contribution in [0.25, 0.3) is 0 Å². The first kappa shape index (κ1) is 33.2. The van der Waals surface area contributed by atoms with E-state index in [9.17, 15) is 4.79 Å². The minimum atomic E-state index is -2.04. The molecule has 2 rings (SSSR count). The van der Waals surface area contributed by atoms with E-state index in [2.05, 4.69) is 104 Å². The Hall–Kier alpha value is -0.996. The summed E-state index contributed by atoms with van der Waals surface area (Å²) in [7, 11) is -3.93. The second-order valence-corrected chi connectivity index (χ2v) is 24.0. The maximum atomic E-state index is 12.3. The van der Waals surface area contributed by atoms with Crippen LogP contribution in [0.4, 0.5) is 0 Å². The molecule has 5 nitrogen and oxygen atoms in total. The molecule has 1 fully saturated rings. The van der Waals surface area contributed by atoms with Gasteiger partial charge in [0.25, 0.3) is 0 Å². The van der Waals surface area contributed by atoms with Crippen molar-refractivity contribution in [2.24, 2.45) is 11.8 Å². The zero-order valence-corrected chi connectivity index (χ0v) is 28.3. The number of ether oxygens (including phenoxy) is 1. The third-order valence-corrected chi connectivity index (χ3v) is 18.2. The lowest BCUT2D eigenvalue weighted by atomic mass is 9.81. The SMILES string of the molecule is C[C@H](CO[Si](C)(C)C(C)(C)C)[C@H]([C@@H]1CCC(=O)N1)[C@@H](CCCOCc1ccccc1)O[Si](C)(C)C(C)(C)C. The Kier molecular flexibility index (Phi) is 11.9. The molecule has 1 aliphatic heterocycles. The lowest BCUT2D eigenvalue weighted by Gasteiger charge is -2.45. The summed E-state index contributed by atoms with van der Waals surface area (Å²) < 4.78 is 20.0. The van der Waals surface area contributed by atoms with E-state index >= 15 is 0 Å². The summed E-state index contributed by atoms with van der Waals surface area (Å²) in [6.45, 7) is 27.4. The van der Waals surface area contributed by atoms with Crippen LogP contribution >= 0.6 is 0 Å². The van der Waals surface area contributed by atoms with E-state index in [-0.39, 0.29) is 40.0 Å². The van der Waals surface area contributed by atoms with Gasteiger partial charge in [-0.15, -0.1) is 0 Å². The fourth-order valence-electron chi connectivity index (χ4n) is 4.65. The van der Waals surface area contributed by atoms with Gasteiger partial charge in [0.1, 0.15) is 0 Å². The van der Waals surface area contributed by atoms with E-state index in [1.807, 2.05) is 6.07 Å². The van der Waals surface area contributed by atoms with Crippen molar-refractivity contribution in [2.45, 2.75) is 129 Å². The van der Waals surface area contributed by atoms with E-state index in [1.54, 1.807) is 0 Å². The van der Waals surface area contributed by atoms with Crippen LogP contribution in [0.2, 0.25) is 36.3 Å². The maximum Gasteiger partial charge on any atom is 0.220 e. The van der Waals surface area contributed by atoms with Gasteiger partial charge in [-0.05, 0) is 67.0 Å².